The van der Waals surface area contributed by atoms with Crippen LogP contribution in [0.3, 0.4) is 0 Å². The summed E-state index contributed by atoms with van der Waals surface area (Å²) < 4.78 is 19.9. The number of rotatable bonds is 10. The predicted octanol–water partition coefficient (Wildman–Crippen LogP) is 0.615. The molecule has 1 aromatic carbocycles. The van der Waals surface area contributed by atoms with Gasteiger partial charge in [-0.1, -0.05) is 17.7 Å². The maximum absolute atomic E-state index is 12.6. The van der Waals surface area contributed by atoms with E-state index in [-0.39, 0.29) is 43.0 Å². The lowest BCUT2D eigenvalue weighted by molar-refractivity contribution is -0.131. The number of benzene rings is 1. The molecule has 1 aliphatic rings. The third kappa shape index (κ3) is 6.50. The first-order valence-electron chi connectivity index (χ1n) is 11.5. The van der Waals surface area contributed by atoms with E-state index in [1.807, 2.05) is 31.2 Å². The van der Waals surface area contributed by atoms with Crippen LogP contribution < -0.4 is 20.5 Å². The molecule has 1 fully saturated rings. The maximum atomic E-state index is 12.6. The number of amides is 2. The van der Waals surface area contributed by atoms with Gasteiger partial charge in [-0.05, 0) is 19.1 Å². The van der Waals surface area contributed by atoms with Gasteiger partial charge in [0.15, 0.2) is 0 Å². The Balaban J connectivity index is 1.19. The number of nitrogens with zero attached hydrogens (tertiary/aromatic N) is 6. The second-order valence-electron chi connectivity index (χ2n) is 8.57. The van der Waals surface area contributed by atoms with Gasteiger partial charge in [0.2, 0.25) is 11.9 Å². The summed E-state index contributed by atoms with van der Waals surface area (Å²) in [6.45, 7) is 3.09. The van der Waals surface area contributed by atoms with Crippen LogP contribution in [0.2, 0.25) is 0 Å². The minimum atomic E-state index is -0.690. The molecule has 0 unspecified atom stereocenters. The van der Waals surface area contributed by atoms with Crippen LogP contribution in [0.1, 0.15) is 12.0 Å². The first-order valence-corrected chi connectivity index (χ1v) is 11.5. The average Bonchev–Trinajstić information content (AvgIpc) is 3.56. The van der Waals surface area contributed by atoms with Crippen molar-refractivity contribution in [2.75, 3.05) is 37.9 Å². The molecule has 0 aliphatic carbocycles. The van der Waals surface area contributed by atoms with Crippen molar-refractivity contribution in [1.29, 1.82) is 0 Å². The second-order valence-corrected chi connectivity index (χ2v) is 8.57. The van der Waals surface area contributed by atoms with Gasteiger partial charge in [-0.3, -0.25) is 14.3 Å². The predicted molar refractivity (Wildman–Crippen MR) is 129 cm³/mol. The normalized spacial score (nSPS) is 17.1. The van der Waals surface area contributed by atoms with Crippen molar-refractivity contribution in [2.24, 2.45) is 7.05 Å². The lowest BCUT2D eigenvalue weighted by Crippen LogP contribution is -2.33. The molecule has 192 valence electrons. The van der Waals surface area contributed by atoms with Gasteiger partial charge in [-0.2, -0.15) is 10.1 Å². The highest BCUT2D eigenvalue weighted by Crippen LogP contribution is 2.21. The number of carbonyl (C=O) groups excluding carboxylic acids is 2. The molecule has 2 aromatic heterocycles. The van der Waals surface area contributed by atoms with Gasteiger partial charge in [0.05, 0.1) is 25.0 Å². The standard InChI is InChI=1S/C23H30N8O5/c1-15-4-6-17(7-5-15)34-9-8-29(2)20(32)13-31-12-16(11-25-31)26-21(33)19-10-18(14-35-19)36-23-27-22(24)28-30(23)3/h4-7,11-12,18-19H,8-10,13-14H2,1-3H3,(H2,24,28)(H,26,33)/t18-,19+/m0/s1. The molecule has 2 atom stereocenters. The summed E-state index contributed by atoms with van der Waals surface area (Å²) in [7, 11) is 3.37. The fraction of sp³-hybridized carbons (Fsp3) is 0.435. The highest BCUT2D eigenvalue weighted by Gasteiger charge is 2.33. The van der Waals surface area contributed by atoms with Crippen molar-refractivity contribution in [3.05, 3.63) is 42.2 Å². The molecule has 13 heteroatoms. The van der Waals surface area contributed by atoms with Crippen LogP contribution in [-0.2, 0) is 27.9 Å². The van der Waals surface area contributed by atoms with E-state index >= 15 is 0 Å². The van der Waals surface area contributed by atoms with Crippen LogP contribution in [0.25, 0.3) is 0 Å². The summed E-state index contributed by atoms with van der Waals surface area (Å²) in [6, 6.07) is 8.00. The van der Waals surface area contributed by atoms with Gasteiger partial charge >= 0.3 is 6.01 Å². The molecular formula is C23H30N8O5. The van der Waals surface area contributed by atoms with E-state index in [9.17, 15) is 9.59 Å². The number of anilines is 2. The Kier molecular flexibility index (Phi) is 7.68. The fourth-order valence-electron chi connectivity index (χ4n) is 3.56. The van der Waals surface area contributed by atoms with Gasteiger partial charge in [-0.15, -0.1) is 5.10 Å². The van der Waals surface area contributed by atoms with E-state index < -0.39 is 6.10 Å². The van der Waals surface area contributed by atoms with E-state index in [1.165, 1.54) is 15.6 Å². The molecule has 4 rings (SSSR count). The molecule has 1 aliphatic heterocycles. The number of nitrogen functional groups attached to an aromatic ring is 1. The number of nitrogens with two attached hydrogens (primary N) is 1. The summed E-state index contributed by atoms with van der Waals surface area (Å²) in [5.74, 6) is 0.413. The van der Waals surface area contributed by atoms with Crippen molar-refractivity contribution >= 4 is 23.5 Å². The second kappa shape index (κ2) is 11.1. The Morgan fingerprint density at radius 2 is 2.08 bits per heavy atom. The number of aryl methyl sites for hydroxylation is 2. The van der Waals surface area contributed by atoms with Gasteiger partial charge in [0, 0.05) is 26.7 Å². The van der Waals surface area contributed by atoms with E-state index in [0.717, 1.165) is 11.3 Å². The van der Waals surface area contributed by atoms with Gasteiger partial charge in [0.25, 0.3) is 5.91 Å². The zero-order chi connectivity index (χ0) is 25.7. The number of hydrogen-bond acceptors (Lipinski definition) is 9. The number of hydrogen-bond donors (Lipinski definition) is 2. The Morgan fingerprint density at radius 1 is 1.31 bits per heavy atom. The number of likely N-dealkylation sites (N-methyl/N-ethyl adjacent to an activating group) is 1. The fourth-order valence-corrected chi connectivity index (χ4v) is 3.56. The molecule has 0 spiro atoms. The van der Waals surface area contributed by atoms with E-state index in [1.54, 1.807) is 25.2 Å². The molecule has 0 radical (unpaired) electrons. The molecular weight excluding hydrogens is 468 g/mol. The summed E-state index contributed by atoms with van der Waals surface area (Å²) in [4.78, 5) is 30.7. The van der Waals surface area contributed by atoms with Crippen LogP contribution in [0.4, 0.5) is 11.6 Å². The SMILES string of the molecule is Cc1ccc(OCCN(C)C(=O)Cn2cc(NC(=O)[C@H]3C[C@H](Oc4nc(N)nn4C)CO3)cn2)cc1. The van der Waals surface area contributed by atoms with Crippen LogP contribution in [0.5, 0.6) is 11.8 Å². The highest BCUT2D eigenvalue weighted by atomic mass is 16.6. The summed E-state index contributed by atoms with van der Waals surface area (Å²) >= 11 is 0. The third-order valence-electron chi connectivity index (χ3n) is 5.60. The number of nitrogens with one attached hydrogen (secondary N) is 1. The van der Waals surface area contributed by atoms with Crippen molar-refractivity contribution in [1.82, 2.24) is 29.4 Å². The quantitative estimate of drug-likeness (QED) is 0.410. The lowest BCUT2D eigenvalue weighted by Gasteiger charge is -2.17. The molecule has 3 heterocycles. The van der Waals surface area contributed by atoms with Crippen LogP contribution in [0.15, 0.2) is 36.7 Å². The molecule has 3 aromatic rings. The van der Waals surface area contributed by atoms with E-state index in [2.05, 4.69) is 20.5 Å². The van der Waals surface area contributed by atoms with E-state index in [0.29, 0.717) is 25.3 Å². The number of ether oxygens (including phenoxy) is 3. The lowest BCUT2D eigenvalue weighted by atomic mass is 10.2. The van der Waals surface area contributed by atoms with Gasteiger partial charge in [0.1, 0.15) is 31.1 Å². The first kappa shape index (κ1) is 25.0. The van der Waals surface area contributed by atoms with Crippen molar-refractivity contribution in [3.63, 3.8) is 0 Å². The first-order chi connectivity index (χ1) is 17.3. The molecule has 3 N–H and O–H groups in total. The minimum Gasteiger partial charge on any atom is -0.492 e. The summed E-state index contributed by atoms with van der Waals surface area (Å²) in [5, 5.41) is 10.8. The molecule has 0 saturated carbocycles. The molecule has 1 saturated heterocycles. The summed E-state index contributed by atoms with van der Waals surface area (Å²) in [6.07, 6.45) is 2.38. The van der Waals surface area contributed by atoms with E-state index in [4.69, 9.17) is 19.9 Å². The number of carbonyl (C=O) groups is 2. The minimum absolute atomic E-state index is 0.0353. The zero-order valence-corrected chi connectivity index (χ0v) is 20.5. The number of aromatic nitrogens is 5. The molecule has 0 bridgehead atoms. The van der Waals surface area contributed by atoms with Gasteiger partial charge < -0.3 is 30.2 Å². The van der Waals surface area contributed by atoms with Crippen molar-refractivity contribution < 1.29 is 23.8 Å². The highest BCUT2D eigenvalue weighted by molar-refractivity contribution is 5.94. The monoisotopic (exact) mass is 498 g/mol. The average molecular weight is 499 g/mol. The zero-order valence-electron chi connectivity index (χ0n) is 20.5. The topological polar surface area (TPSA) is 152 Å². The van der Waals surface area contributed by atoms with Crippen molar-refractivity contribution in [2.45, 2.75) is 32.1 Å². The Morgan fingerprint density at radius 3 is 2.81 bits per heavy atom. The Labute approximate surface area is 208 Å². The van der Waals surface area contributed by atoms with Crippen LogP contribution in [0, 0.1) is 6.92 Å². The third-order valence-corrected chi connectivity index (χ3v) is 5.60. The molecule has 36 heavy (non-hydrogen) atoms. The largest absolute Gasteiger partial charge is 0.492 e. The Bertz CT molecular complexity index is 1190. The smallest absolute Gasteiger partial charge is 0.316 e. The maximum Gasteiger partial charge on any atom is 0.316 e. The van der Waals surface area contributed by atoms with Gasteiger partial charge in [-0.25, -0.2) is 4.68 Å². The molecule has 13 nitrogen and oxygen atoms in total. The molecule has 2 amide bonds. The summed E-state index contributed by atoms with van der Waals surface area (Å²) in [5.41, 5.74) is 7.18. The van der Waals surface area contributed by atoms with Crippen molar-refractivity contribution in [3.8, 4) is 11.8 Å². The van der Waals surface area contributed by atoms with Crippen LogP contribution >= 0.6 is 0 Å². The van der Waals surface area contributed by atoms with Crippen LogP contribution in [-0.4, -0.2) is 80.3 Å². The Hall–Kier alpha value is -4.13.